The third-order valence-electron chi connectivity index (χ3n) is 2.87. The molecule has 1 N–H and O–H groups in total. The van der Waals surface area contributed by atoms with Crippen molar-refractivity contribution in [3.63, 3.8) is 0 Å². The van der Waals surface area contributed by atoms with Crippen LogP contribution in [0.1, 0.15) is 28.4 Å². The number of ketones is 1. The summed E-state index contributed by atoms with van der Waals surface area (Å²) >= 11 is 0. The molecule has 0 amide bonds. The molecule has 0 aliphatic rings. The van der Waals surface area contributed by atoms with E-state index in [9.17, 15) is 9.90 Å². The number of benzene rings is 2. The SMILES string of the molecule is C/C=C/c1cccc(/C=C/C(=O)c2ccccc2O)c1. The lowest BCUT2D eigenvalue weighted by atomic mass is 10.1. The van der Waals surface area contributed by atoms with Crippen molar-refractivity contribution in [1.29, 1.82) is 0 Å². The lowest BCUT2D eigenvalue weighted by Crippen LogP contribution is -1.94. The Morgan fingerprint density at radius 3 is 2.40 bits per heavy atom. The van der Waals surface area contributed by atoms with E-state index in [1.165, 1.54) is 12.1 Å². The molecular formula is C18H16O2. The number of allylic oxidation sites excluding steroid dienone is 2. The molecule has 2 heteroatoms. The van der Waals surface area contributed by atoms with Gasteiger partial charge in [0.2, 0.25) is 0 Å². The minimum absolute atomic E-state index is 0.00446. The summed E-state index contributed by atoms with van der Waals surface area (Å²) < 4.78 is 0. The van der Waals surface area contributed by atoms with Crippen LogP contribution in [-0.4, -0.2) is 10.9 Å². The second-order valence-electron chi connectivity index (χ2n) is 4.38. The molecule has 0 spiro atoms. The first kappa shape index (κ1) is 13.8. The van der Waals surface area contributed by atoms with Gasteiger partial charge < -0.3 is 5.11 Å². The Hall–Kier alpha value is -2.61. The molecule has 0 unspecified atom stereocenters. The molecule has 0 aliphatic carbocycles. The van der Waals surface area contributed by atoms with Crippen molar-refractivity contribution in [2.24, 2.45) is 0 Å². The molecule has 0 aromatic heterocycles. The molecule has 0 aliphatic heterocycles. The van der Waals surface area contributed by atoms with Gasteiger partial charge in [0.15, 0.2) is 5.78 Å². The molecule has 2 rings (SSSR count). The number of hydrogen-bond acceptors (Lipinski definition) is 2. The highest BCUT2D eigenvalue weighted by Crippen LogP contribution is 2.17. The van der Waals surface area contributed by atoms with Crippen LogP contribution in [0.4, 0.5) is 0 Å². The molecule has 2 aromatic carbocycles. The second-order valence-corrected chi connectivity index (χ2v) is 4.38. The van der Waals surface area contributed by atoms with Crippen molar-refractivity contribution in [3.05, 3.63) is 77.4 Å². The standard InChI is InChI=1S/C18H16O2/c1-2-6-14-7-5-8-15(13-14)11-12-18(20)16-9-3-4-10-17(16)19/h2-13,19H,1H3/b6-2+,12-11+. The number of aromatic hydroxyl groups is 1. The summed E-state index contributed by atoms with van der Waals surface area (Å²) in [7, 11) is 0. The van der Waals surface area contributed by atoms with Crippen LogP contribution in [0.25, 0.3) is 12.2 Å². The summed E-state index contributed by atoms with van der Waals surface area (Å²) in [5.41, 5.74) is 2.35. The van der Waals surface area contributed by atoms with Gasteiger partial charge in [0.05, 0.1) is 5.56 Å². The molecule has 0 bridgehead atoms. The maximum Gasteiger partial charge on any atom is 0.189 e. The van der Waals surface area contributed by atoms with Crippen LogP contribution < -0.4 is 0 Å². The number of hydrogen-bond donors (Lipinski definition) is 1. The highest BCUT2D eigenvalue weighted by atomic mass is 16.3. The Balaban J connectivity index is 2.19. The zero-order valence-corrected chi connectivity index (χ0v) is 11.3. The highest BCUT2D eigenvalue weighted by Gasteiger charge is 2.06. The first-order valence-corrected chi connectivity index (χ1v) is 6.44. The Bertz CT molecular complexity index is 667. The largest absolute Gasteiger partial charge is 0.507 e. The first-order valence-electron chi connectivity index (χ1n) is 6.44. The lowest BCUT2D eigenvalue weighted by molar-refractivity contribution is 0.104. The minimum atomic E-state index is -0.209. The molecule has 100 valence electrons. The monoisotopic (exact) mass is 264 g/mol. The van der Waals surface area contributed by atoms with Crippen molar-refractivity contribution < 1.29 is 9.90 Å². The van der Waals surface area contributed by atoms with E-state index in [0.717, 1.165) is 11.1 Å². The van der Waals surface area contributed by atoms with Gasteiger partial charge in [-0.05, 0) is 42.3 Å². The third kappa shape index (κ3) is 3.45. The Morgan fingerprint density at radius 2 is 1.70 bits per heavy atom. The van der Waals surface area contributed by atoms with Gasteiger partial charge >= 0.3 is 0 Å². The Labute approximate surface area is 118 Å². The third-order valence-corrected chi connectivity index (χ3v) is 2.87. The van der Waals surface area contributed by atoms with E-state index in [2.05, 4.69) is 0 Å². The van der Waals surface area contributed by atoms with Gasteiger partial charge in [0.1, 0.15) is 5.75 Å². The quantitative estimate of drug-likeness (QED) is 0.659. The minimum Gasteiger partial charge on any atom is -0.507 e. The van der Waals surface area contributed by atoms with E-state index < -0.39 is 0 Å². The Morgan fingerprint density at radius 1 is 1.00 bits per heavy atom. The first-order chi connectivity index (χ1) is 9.70. The predicted molar refractivity (Wildman–Crippen MR) is 82.6 cm³/mol. The predicted octanol–water partition coefficient (Wildman–Crippen LogP) is 4.32. The van der Waals surface area contributed by atoms with Crippen LogP contribution in [0.15, 0.2) is 60.7 Å². The molecular weight excluding hydrogens is 248 g/mol. The fourth-order valence-electron chi connectivity index (χ4n) is 1.90. The molecule has 2 nitrogen and oxygen atoms in total. The zero-order valence-electron chi connectivity index (χ0n) is 11.3. The van der Waals surface area contributed by atoms with Crippen LogP contribution in [-0.2, 0) is 0 Å². The van der Waals surface area contributed by atoms with Gasteiger partial charge in [0, 0.05) is 0 Å². The maximum atomic E-state index is 12.0. The second kappa shape index (κ2) is 6.53. The summed E-state index contributed by atoms with van der Waals surface area (Å²) in [5.74, 6) is -0.204. The number of para-hydroxylation sites is 1. The van der Waals surface area contributed by atoms with Gasteiger partial charge in [-0.3, -0.25) is 4.79 Å². The number of phenols is 1. The average molecular weight is 264 g/mol. The highest BCUT2D eigenvalue weighted by molar-refractivity contribution is 6.08. The molecule has 0 saturated heterocycles. The fraction of sp³-hybridized carbons (Fsp3) is 0.0556. The van der Waals surface area contributed by atoms with E-state index in [0.29, 0.717) is 5.56 Å². The van der Waals surface area contributed by atoms with E-state index in [4.69, 9.17) is 0 Å². The average Bonchev–Trinajstić information content (AvgIpc) is 2.46. The summed E-state index contributed by atoms with van der Waals surface area (Å²) in [4.78, 5) is 12.0. The van der Waals surface area contributed by atoms with E-state index in [1.54, 1.807) is 24.3 Å². The molecule has 0 saturated carbocycles. The number of carbonyl (C=O) groups is 1. The topological polar surface area (TPSA) is 37.3 Å². The van der Waals surface area contributed by atoms with Crippen LogP contribution >= 0.6 is 0 Å². The van der Waals surface area contributed by atoms with Gasteiger partial charge in [0.25, 0.3) is 0 Å². The van der Waals surface area contributed by atoms with Crippen molar-refractivity contribution in [3.8, 4) is 5.75 Å². The smallest absolute Gasteiger partial charge is 0.189 e. The van der Waals surface area contributed by atoms with Crippen molar-refractivity contribution in [2.45, 2.75) is 6.92 Å². The van der Waals surface area contributed by atoms with Crippen LogP contribution in [0.2, 0.25) is 0 Å². The summed E-state index contributed by atoms with van der Waals surface area (Å²) in [6.45, 7) is 1.96. The van der Waals surface area contributed by atoms with E-state index in [-0.39, 0.29) is 11.5 Å². The zero-order chi connectivity index (χ0) is 14.4. The van der Waals surface area contributed by atoms with Crippen LogP contribution in [0, 0.1) is 0 Å². The molecule has 0 fully saturated rings. The van der Waals surface area contributed by atoms with Crippen LogP contribution in [0.3, 0.4) is 0 Å². The van der Waals surface area contributed by atoms with E-state index >= 15 is 0 Å². The van der Waals surface area contributed by atoms with Crippen molar-refractivity contribution in [2.75, 3.05) is 0 Å². The molecule has 0 radical (unpaired) electrons. The number of rotatable bonds is 4. The van der Waals surface area contributed by atoms with Crippen LogP contribution in [0.5, 0.6) is 5.75 Å². The van der Waals surface area contributed by atoms with Gasteiger partial charge in [-0.1, -0.05) is 48.6 Å². The summed E-state index contributed by atoms with van der Waals surface area (Å²) in [6, 6.07) is 14.4. The molecule has 0 atom stereocenters. The molecule has 2 aromatic rings. The van der Waals surface area contributed by atoms with Crippen molar-refractivity contribution in [1.82, 2.24) is 0 Å². The lowest BCUT2D eigenvalue weighted by Gasteiger charge is -1.99. The maximum absolute atomic E-state index is 12.0. The van der Waals surface area contributed by atoms with Gasteiger partial charge in [-0.15, -0.1) is 0 Å². The van der Waals surface area contributed by atoms with Crippen molar-refractivity contribution >= 4 is 17.9 Å². The number of phenolic OH excluding ortho intramolecular Hbond substituents is 1. The Kier molecular flexibility index (Phi) is 4.51. The normalized spacial score (nSPS) is 11.2. The van der Waals surface area contributed by atoms with E-state index in [1.807, 2.05) is 43.3 Å². The number of carbonyl (C=O) groups excluding carboxylic acids is 1. The fourth-order valence-corrected chi connectivity index (χ4v) is 1.90. The molecule has 20 heavy (non-hydrogen) atoms. The summed E-state index contributed by atoms with van der Waals surface area (Å²) in [6.07, 6.45) is 7.20. The molecule has 0 heterocycles. The summed E-state index contributed by atoms with van der Waals surface area (Å²) in [5, 5.41) is 9.63. The van der Waals surface area contributed by atoms with Gasteiger partial charge in [-0.2, -0.15) is 0 Å². The van der Waals surface area contributed by atoms with Gasteiger partial charge in [-0.25, -0.2) is 0 Å².